The second-order valence-electron chi connectivity index (χ2n) is 7.31. The van der Waals surface area contributed by atoms with E-state index in [0.717, 1.165) is 0 Å². The molecule has 5 rings (SSSR count). The molecule has 33 heavy (non-hydrogen) atoms. The first-order chi connectivity index (χ1) is 15.9. The van der Waals surface area contributed by atoms with Gasteiger partial charge >= 0.3 is 5.97 Å². The van der Waals surface area contributed by atoms with Crippen molar-refractivity contribution in [1.82, 2.24) is 0 Å². The molecule has 2 atom stereocenters. The van der Waals surface area contributed by atoms with Crippen LogP contribution in [-0.4, -0.2) is 28.0 Å². The maximum atomic E-state index is 13.5. The van der Waals surface area contributed by atoms with Gasteiger partial charge in [0.1, 0.15) is 5.71 Å². The smallest absolute Gasteiger partial charge is 0.351 e. The van der Waals surface area contributed by atoms with Crippen molar-refractivity contribution in [3.63, 3.8) is 0 Å². The van der Waals surface area contributed by atoms with E-state index in [1.807, 2.05) is 6.07 Å². The molecular weight excluding hydrogens is 469 g/mol. The molecule has 0 saturated carbocycles. The zero-order valence-electron chi connectivity index (χ0n) is 16.6. The van der Waals surface area contributed by atoms with Gasteiger partial charge in [-0.3, -0.25) is 10.1 Å². The lowest BCUT2D eigenvalue weighted by atomic mass is 9.81. The number of benzene rings is 3. The Balaban J connectivity index is 1.70. The van der Waals surface area contributed by atoms with Gasteiger partial charge in [0.25, 0.3) is 11.2 Å². The highest BCUT2D eigenvalue weighted by Gasteiger charge is 2.63. The van der Waals surface area contributed by atoms with Crippen molar-refractivity contribution in [3.05, 3.63) is 110 Å². The molecule has 3 aromatic carbocycles. The Morgan fingerprint density at radius 2 is 1.61 bits per heavy atom. The molecule has 0 bridgehead atoms. The Morgan fingerprint density at radius 1 is 0.939 bits per heavy atom. The molecule has 2 aliphatic rings. The van der Waals surface area contributed by atoms with Crippen LogP contribution >= 0.6 is 23.2 Å². The van der Waals surface area contributed by atoms with Gasteiger partial charge in [-0.25, -0.2) is 9.79 Å². The van der Waals surface area contributed by atoms with Crippen LogP contribution in [0.3, 0.4) is 0 Å². The number of rotatable bonds is 4. The molecule has 2 heterocycles. The number of non-ortho nitro benzene ring substituents is 1. The maximum absolute atomic E-state index is 13.5. The van der Waals surface area contributed by atoms with Gasteiger partial charge in [-0.05, 0) is 42.0 Å². The topological polar surface area (TPSA) is 103 Å². The van der Waals surface area contributed by atoms with E-state index in [2.05, 4.69) is 10.1 Å². The minimum Gasteiger partial charge on any atom is -0.405 e. The molecule has 164 valence electrons. The SMILES string of the molecule is O=C1OC(c2ccccc2)=N[C@]12C(c1c(Cl)cccc1Cl)=NO[C@H]2c1ccc([N+](=O)[O-])cc1. The Kier molecular flexibility index (Phi) is 5.11. The van der Waals surface area contributed by atoms with Crippen LogP contribution in [0.15, 0.2) is 82.9 Å². The number of halogens is 2. The Hall–Kier alpha value is -3.75. The monoisotopic (exact) mass is 481 g/mol. The normalized spacial score (nSPS) is 21.4. The number of ether oxygens (including phenoxy) is 1. The van der Waals surface area contributed by atoms with Gasteiger partial charge in [-0.1, -0.05) is 52.6 Å². The number of esters is 1. The van der Waals surface area contributed by atoms with Crippen molar-refractivity contribution in [2.24, 2.45) is 10.1 Å². The minimum atomic E-state index is -1.75. The number of nitro groups is 1. The number of hydrogen-bond acceptors (Lipinski definition) is 7. The van der Waals surface area contributed by atoms with Crippen molar-refractivity contribution in [1.29, 1.82) is 0 Å². The predicted octanol–water partition coefficient (Wildman–Crippen LogP) is 5.12. The summed E-state index contributed by atoms with van der Waals surface area (Å²) in [6.07, 6.45) is -1.06. The number of oxime groups is 1. The zero-order valence-corrected chi connectivity index (χ0v) is 18.2. The number of hydrogen-bond donors (Lipinski definition) is 0. The number of nitrogens with zero attached hydrogens (tertiary/aromatic N) is 3. The quantitative estimate of drug-likeness (QED) is 0.292. The molecular formula is C23H13Cl2N3O5. The first kappa shape index (κ1) is 21.1. The number of carbonyl (C=O) groups excluding carboxylic acids is 1. The zero-order chi connectivity index (χ0) is 23.2. The molecule has 0 radical (unpaired) electrons. The van der Waals surface area contributed by atoms with E-state index < -0.39 is 22.5 Å². The van der Waals surface area contributed by atoms with Crippen LogP contribution < -0.4 is 0 Å². The highest BCUT2D eigenvalue weighted by atomic mass is 35.5. The lowest BCUT2D eigenvalue weighted by Gasteiger charge is -2.24. The van der Waals surface area contributed by atoms with E-state index >= 15 is 0 Å². The largest absolute Gasteiger partial charge is 0.405 e. The molecule has 3 aromatic rings. The number of carbonyl (C=O) groups is 1. The van der Waals surface area contributed by atoms with E-state index in [1.54, 1.807) is 42.5 Å². The third kappa shape index (κ3) is 3.35. The van der Waals surface area contributed by atoms with Crippen LogP contribution in [0.5, 0.6) is 0 Å². The summed E-state index contributed by atoms with van der Waals surface area (Å²) >= 11 is 12.9. The fourth-order valence-electron chi connectivity index (χ4n) is 3.82. The number of cyclic esters (lactones) is 1. The van der Waals surface area contributed by atoms with E-state index in [1.165, 1.54) is 24.3 Å². The second kappa shape index (κ2) is 7.99. The van der Waals surface area contributed by atoms with E-state index in [4.69, 9.17) is 32.8 Å². The standard InChI is InChI=1S/C23H13Cl2N3O5/c24-16-7-4-8-17(25)18(16)19-23(22(29)32-21(26-23)14-5-2-1-3-6-14)20(33-27-19)13-9-11-15(12-10-13)28(30)31/h1-12,20H/t20-,23-/m0/s1. The third-order valence-electron chi connectivity index (χ3n) is 5.40. The highest BCUT2D eigenvalue weighted by molar-refractivity contribution is 6.42. The summed E-state index contributed by atoms with van der Waals surface area (Å²) in [6, 6.07) is 19.4. The lowest BCUT2D eigenvalue weighted by molar-refractivity contribution is -0.384. The molecule has 0 aromatic heterocycles. The molecule has 8 nitrogen and oxygen atoms in total. The molecule has 0 N–H and O–H groups in total. The van der Waals surface area contributed by atoms with Gasteiger partial charge in [0, 0.05) is 23.3 Å². The Labute approximate surface area is 197 Å². The fraction of sp³-hybridized carbons (Fsp3) is 0.0870. The molecule has 0 fully saturated rings. The van der Waals surface area contributed by atoms with Gasteiger partial charge in [-0.15, -0.1) is 0 Å². The summed E-state index contributed by atoms with van der Waals surface area (Å²) in [5.41, 5.74) is -0.448. The predicted molar refractivity (Wildman–Crippen MR) is 122 cm³/mol. The molecule has 0 aliphatic carbocycles. The van der Waals surface area contributed by atoms with Crippen LogP contribution in [0, 0.1) is 10.1 Å². The van der Waals surface area contributed by atoms with Gasteiger partial charge in [-0.2, -0.15) is 0 Å². The molecule has 2 aliphatic heterocycles. The Morgan fingerprint density at radius 3 is 2.24 bits per heavy atom. The van der Waals surface area contributed by atoms with Gasteiger partial charge in [0.2, 0.25) is 5.90 Å². The van der Waals surface area contributed by atoms with E-state index in [9.17, 15) is 14.9 Å². The van der Waals surface area contributed by atoms with Crippen molar-refractivity contribution in [2.45, 2.75) is 11.6 Å². The van der Waals surface area contributed by atoms with Crippen molar-refractivity contribution >= 4 is 46.5 Å². The van der Waals surface area contributed by atoms with E-state index in [-0.39, 0.29) is 27.3 Å². The fourth-order valence-corrected chi connectivity index (χ4v) is 4.40. The van der Waals surface area contributed by atoms with Gasteiger partial charge in [0.05, 0.1) is 15.0 Å². The first-order valence-electron chi connectivity index (χ1n) is 9.72. The number of aliphatic imine (C=N–C) groups is 1. The maximum Gasteiger partial charge on any atom is 0.351 e. The molecule has 1 spiro atoms. The minimum absolute atomic E-state index is 0.0916. The Bertz CT molecular complexity index is 1320. The van der Waals surface area contributed by atoms with Gasteiger partial charge in [0.15, 0.2) is 6.10 Å². The molecule has 0 unspecified atom stereocenters. The summed E-state index contributed by atoms with van der Waals surface area (Å²) < 4.78 is 5.59. The number of nitro benzene ring substituents is 1. The summed E-state index contributed by atoms with van der Waals surface area (Å²) in [7, 11) is 0. The summed E-state index contributed by atoms with van der Waals surface area (Å²) in [6.45, 7) is 0. The van der Waals surface area contributed by atoms with Gasteiger partial charge < -0.3 is 9.57 Å². The molecule has 0 amide bonds. The van der Waals surface area contributed by atoms with Crippen LogP contribution in [0.25, 0.3) is 0 Å². The van der Waals surface area contributed by atoms with Crippen LogP contribution in [0.4, 0.5) is 5.69 Å². The van der Waals surface area contributed by atoms with Crippen molar-refractivity contribution in [3.8, 4) is 0 Å². The first-order valence-corrected chi connectivity index (χ1v) is 10.5. The summed E-state index contributed by atoms with van der Waals surface area (Å²) in [5, 5.41) is 15.7. The van der Waals surface area contributed by atoms with Crippen LogP contribution in [-0.2, 0) is 14.4 Å². The van der Waals surface area contributed by atoms with E-state index in [0.29, 0.717) is 16.7 Å². The lowest BCUT2D eigenvalue weighted by Crippen LogP contribution is -2.45. The van der Waals surface area contributed by atoms with Crippen LogP contribution in [0.1, 0.15) is 22.8 Å². The van der Waals surface area contributed by atoms with Crippen molar-refractivity contribution < 1.29 is 19.3 Å². The molecule has 0 saturated heterocycles. The summed E-state index contributed by atoms with van der Waals surface area (Å²) in [4.78, 5) is 34.4. The third-order valence-corrected chi connectivity index (χ3v) is 6.03. The summed E-state index contributed by atoms with van der Waals surface area (Å²) in [5.74, 6) is -0.633. The van der Waals surface area contributed by atoms with Crippen LogP contribution in [0.2, 0.25) is 10.0 Å². The average molecular weight is 482 g/mol. The molecule has 10 heteroatoms. The second-order valence-corrected chi connectivity index (χ2v) is 8.12. The highest BCUT2D eigenvalue weighted by Crippen LogP contribution is 2.47. The average Bonchev–Trinajstić information content (AvgIpc) is 3.36. The van der Waals surface area contributed by atoms with Crippen molar-refractivity contribution in [2.75, 3.05) is 0 Å².